The summed E-state index contributed by atoms with van der Waals surface area (Å²) < 4.78 is 0. The number of H-pyrrole nitrogens is 1. The standard InChI is InChI=1S/C18H27N7/c1-4-25(5-2)11-10-20-16-12-13(3)23-18(19,24-16)17-21-14-8-6-7-9-15(14)22-17/h6-9,12,23H,4-5,10-11,19H2,1-3H3,(H,20,24)(H,21,22). The first-order valence-corrected chi connectivity index (χ1v) is 8.79. The highest BCUT2D eigenvalue weighted by molar-refractivity contribution is 5.95. The first kappa shape index (κ1) is 17.4. The van der Waals surface area contributed by atoms with Crippen LogP contribution in [0.5, 0.6) is 0 Å². The molecule has 3 rings (SSSR count). The smallest absolute Gasteiger partial charge is 0.223 e. The van der Waals surface area contributed by atoms with Gasteiger partial charge in [-0.15, -0.1) is 0 Å². The summed E-state index contributed by atoms with van der Waals surface area (Å²) in [6, 6.07) is 7.88. The Bertz CT molecular complexity index is 755. The number of aromatic nitrogens is 2. The summed E-state index contributed by atoms with van der Waals surface area (Å²) in [6.07, 6.45) is 1.97. The Kier molecular flexibility index (Phi) is 5.06. The molecule has 134 valence electrons. The molecule has 1 aromatic carbocycles. The molecule has 0 bridgehead atoms. The summed E-state index contributed by atoms with van der Waals surface area (Å²) in [5.74, 6) is 0.398. The van der Waals surface area contributed by atoms with Crippen molar-refractivity contribution in [3.63, 3.8) is 0 Å². The SMILES string of the molecule is CCN(CC)CCN=C1C=C(C)NC(N)(c2nc3ccccc3[nH]2)N1. The predicted octanol–water partition coefficient (Wildman–Crippen LogP) is 1.47. The van der Waals surface area contributed by atoms with Crippen LogP contribution in [0.25, 0.3) is 11.0 Å². The molecular formula is C18H27N7. The van der Waals surface area contributed by atoms with Crippen LogP contribution in [0.4, 0.5) is 0 Å². The fraction of sp³-hybridized carbons (Fsp3) is 0.444. The second kappa shape index (κ2) is 7.25. The number of hydrogen-bond donors (Lipinski definition) is 4. The molecule has 7 nitrogen and oxygen atoms in total. The van der Waals surface area contributed by atoms with Crippen molar-refractivity contribution in [3.05, 3.63) is 41.9 Å². The van der Waals surface area contributed by atoms with Crippen LogP contribution in [0.1, 0.15) is 26.6 Å². The van der Waals surface area contributed by atoms with Crippen LogP contribution in [-0.4, -0.2) is 46.9 Å². The number of para-hydroxylation sites is 2. The molecule has 1 aliphatic rings. The number of likely N-dealkylation sites (N-methyl/N-ethyl adjacent to an activating group) is 1. The number of rotatable bonds is 6. The number of amidine groups is 1. The van der Waals surface area contributed by atoms with E-state index in [9.17, 15) is 0 Å². The molecule has 2 heterocycles. The van der Waals surface area contributed by atoms with Crippen molar-refractivity contribution in [2.24, 2.45) is 10.7 Å². The molecule has 1 unspecified atom stereocenters. The lowest BCUT2D eigenvalue weighted by Crippen LogP contribution is -2.64. The number of hydrogen-bond acceptors (Lipinski definition) is 5. The number of aliphatic imine (C=N–C) groups is 1. The number of nitrogens with one attached hydrogen (secondary N) is 3. The zero-order chi connectivity index (χ0) is 17.9. The Balaban J connectivity index is 1.79. The van der Waals surface area contributed by atoms with E-state index in [4.69, 9.17) is 5.73 Å². The normalized spacial score (nSPS) is 22.1. The molecule has 1 atom stereocenters. The van der Waals surface area contributed by atoms with Crippen molar-refractivity contribution >= 4 is 16.9 Å². The van der Waals surface area contributed by atoms with Crippen molar-refractivity contribution in [1.29, 1.82) is 0 Å². The summed E-state index contributed by atoms with van der Waals surface area (Å²) in [4.78, 5) is 14.9. The van der Waals surface area contributed by atoms with E-state index < -0.39 is 5.79 Å². The topological polar surface area (TPSA) is 94.4 Å². The minimum Gasteiger partial charge on any atom is -0.348 e. The molecule has 7 heteroatoms. The molecule has 0 radical (unpaired) electrons. The van der Waals surface area contributed by atoms with E-state index in [-0.39, 0.29) is 0 Å². The molecule has 1 aromatic heterocycles. The van der Waals surface area contributed by atoms with E-state index in [1.807, 2.05) is 37.3 Å². The number of imidazole rings is 1. The van der Waals surface area contributed by atoms with Crippen LogP contribution in [0.3, 0.4) is 0 Å². The van der Waals surface area contributed by atoms with Gasteiger partial charge < -0.3 is 20.5 Å². The summed E-state index contributed by atoms with van der Waals surface area (Å²) in [5.41, 5.74) is 9.35. The quantitative estimate of drug-likeness (QED) is 0.638. The largest absolute Gasteiger partial charge is 0.348 e. The third-order valence-electron chi connectivity index (χ3n) is 4.43. The molecular weight excluding hydrogens is 314 g/mol. The zero-order valence-electron chi connectivity index (χ0n) is 15.1. The van der Waals surface area contributed by atoms with Crippen molar-refractivity contribution in [1.82, 2.24) is 25.5 Å². The Morgan fingerprint density at radius 1 is 1.20 bits per heavy atom. The number of allylic oxidation sites excluding steroid dienone is 1. The van der Waals surface area contributed by atoms with Crippen LogP contribution >= 0.6 is 0 Å². The average Bonchev–Trinajstić information content (AvgIpc) is 3.03. The lowest BCUT2D eigenvalue weighted by atomic mass is 10.2. The maximum absolute atomic E-state index is 6.56. The van der Waals surface area contributed by atoms with Crippen molar-refractivity contribution in [3.8, 4) is 0 Å². The van der Waals surface area contributed by atoms with Gasteiger partial charge in [0.25, 0.3) is 0 Å². The van der Waals surface area contributed by atoms with Crippen LogP contribution < -0.4 is 16.4 Å². The Labute approximate surface area is 148 Å². The van der Waals surface area contributed by atoms with E-state index in [1.54, 1.807) is 0 Å². The highest BCUT2D eigenvalue weighted by Crippen LogP contribution is 2.19. The van der Waals surface area contributed by atoms with Gasteiger partial charge in [0.1, 0.15) is 5.84 Å². The zero-order valence-corrected chi connectivity index (χ0v) is 15.1. The van der Waals surface area contributed by atoms with Crippen molar-refractivity contribution in [2.45, 2.75) is 26.6 Å². The van der Waals surface area contributed by atoms with Gasteiger partial charge in [-0.1, -0.05) is 26.0 Å². The van der Waals surface area contributed by atoms with Crippen molar-refractivity contribution < 1.29 is 0 Å². The molecule has 2 aromatic rings. The van der Waals surface area contributed by atoms with E-state index in [0.29, 0.717) is 5.82 Å². The van der Waals surface area contributed by atoms with Gasteiger partial charge in [0, 0.05) is 12.2 Å². The van der Waals surface area contributed by atoms with E-state index in [2.05, 4.69) is 44.3 Å². The van der Waals surface area contributed by atoms with Crippen LogP contribution in [0, 0.1) is 0 Å². The second-order valence-corrected chi connectivity index (χ2v) is 6.28. The minimum atomic E-state index is -1.01. The number of nitrogens with two attached hydrogens (primary N) is 1. The molecule has 0 saturated carbocycles. The summed E-state index contributed by atoms with van der Waals surface area (Å²) >= 11 is 0. The first-order valence-electron chi connectivity index (χ1n) is 8.79. The predicted molar refractivity (Wildman–Crippen MR) is 102 cm³/mol. The molecule has 0 saturated heterocycles. The summed E-state index contributed by atoms with van der Waals surface area (Å²) in [5, 5.41) is 6.54. The van der Waals surface area contributed by atoms with Gasteiger partial charge in [0.15, 0.2) is 5.82 Å². The third-order valence-corrected chi connectivity index (χ3v) is 4.43. The lowest BCUT2D eigenvalue weighted by Gasteiger charge is -2.35. The van der Waals surface area contributed by atoms with Crippen LogP contribution in [-0.2, 0) is 5.79 Å². The highest BCUT2D eigenvalue weighted by atomic mass is 15.4. The second-order valence-electron chi connectivity index (χ2n) is 6.28. The van der Waals surface area contributed by atoms with Gasteiger partial charge >= 0.3 is 0 Å². The maximum atomic E-state index is 6.56. The van der Waals surface area contributed by atoms with E-state index in [0.717, 1.165) is 48.7 Å². The van der Waals surface area contributed by atoms with Gasteiger partial charge in [-0.25, -0.2) is 4.98 Å². The summed E-state index contributed by atoms with van der Waals surface area (Å²) in [7, 11) is 0. The van der Waals surface area contributed by atoms with Gasteiger partial charge in [-0.2, -0.15) is 0 Å². The number of benzene rings is 1. The van der Waals surface area contributed by atoms with Crippen LogP contribution in [0.2, 0.25) is 0 Å². The minimum absolute atomic E-state index is 0.637. The molecule has 1 aliphatic heterocycles. The first-order chi connectivity index (χ1) is 12.0. The monoisotopic (exact) mass is 341 g/mol. The fourth-order valence-electron chi connectivity index (χ4n) is 3.02. The van der Waals surface area contributed by atoms with E-state index in [1.165, 1.54) is 0 Å². The van der Waals surface area contributed by atoms with Gasteiger partial charge in [-0.05, 0) is 38.2 Å². The highest BCUT2D eigenvalue weighted by Gasteiger charge is 2.34. The molecule has 0 aliphatic carbocycles. The van der Waals surface area contributed by atoms with Crippen molar-refractivity contribution in [2.75, 3.05) is 26.2 Å². The molecule has 0 spiro atoms. The van der Waals surface area contributed by atoms with Crippen LogP contribution in [0.15, 0.2) is 41.0 Å². The molecule has 5 N–H and O–H groups in total. The lowest BCUT2D eigenvalue weighted by molar-refractivity contribution is 0.310. The molecule has 25 heavy (non-hydrogen) atoms. The van der Waals surface area contributed by atoms with Gasteiger partial charge in [-0.3, -0.25) is 10.7 Å². The number of fused-ring (bicyclic) bond motifs is 1. The molecule has 0 fully saturated rings. The van der Waals surface area contributed by atoms with Gasteiger partial charge in [0.2, 0.25) is 5.79 Å². The Morgan fingerprint density at radius 2 is 1.96 bits per heavy atom. The summed E-state index contributed by atoms with van der Waals surface area (Å²) in [6.45, 7) is 10.0. The average molecular weight is 341 g/mol. The molecule has 0 amide bonds. The number of nitrogens with zero attached hydrogens (tertiary/aromatic N) is 3. The third kappa shape index (κ3) is 3.83. The fourth-order valence-corrected chi connectivity index (χ4v) is 3.02. The Morgan fingerprint density at radius 3 is 2.68 bits per heavy atom. The Hall–Kier alpha value is -2.38. The maximum Gasteiger partial charge on any atom is 0.223 e. The van der Waals surface area contributed by atoms with E-state index >= 15 is 0 Å². The number of aromatic amines is 1. The van der Waals surface area contributed by atoms with Gasteiger partial charge in [0.05, 0.1) is 17.6 Å².